The van der Waals surface area contributed by atoms with E-state index in [1.807, 2.05) is 36.4 Å². The number of hydrogen-bond donors (Lipinski definition) is 3. The molecule has 0 radical (unpaired) electrons. The lowest BCUT2D eigenvalue weighted by molar-refractivity contribution is -0.142. The predicted octanol–water partition coefficient (Wildman–Crippen LogP) is 4.09. The van der Waals surface area contributed by atoms with E-state index in [1.165, 1.54) is 11.1 Å². The third-order valence-electron chi connectivity index (χ3n) is 6.85. The number of carbonyl (C=O) groups is 3. The summed E-state index contributed by atoms with van der Waals surface area (Å²) in [6, 6.07) is 15.5. The molecule has 0 bridgehead atoms. The molecule has 2 aliphatic carbocycles. The highest BCUT2D eigenvalue weighted by Crippen LogP contribution is 2.44. The lowest BCUT2D eigenvalue weighted by Crippen LogP contribution is -2.45. The van der Waals surface area contributed by atoms with E-state index in [-0.39, 0.29) is 30.4 Å². The number of ether oxygens (including phenoxy) is 1. The molecule has 34 heavy (non-hydrogen) atoms. The number of amides is 2. The first kappa shape index (κ1) is 23.5. The van der Waals surface area contributed by atoms with Crippen LogP contribution >= 0.6 is 0 Å². The number of hydrogen-bond acceptors (Lipinski definition) is 4. The third-order valence-corrected chi connectivity index (χ3v) is 6.85. The van der Waals surface area contributed by atoms with Crippen LogP contribution in [0.5, 0.6) is 0 Å². The number of fused-ring (bicyclic) bond motifs is 3. The van der Waals surface area contributed by atoms with Gasteiger partial charge < -0.3 is 20.5 Å². The van der Waals surface area contributed by atoms with Gasteiger partial charge in [0, 0.05) is 17.9 Å². The van der Waals surface area contributed by atoms with Crippen molar-refractivity contribution in [2.24, 2.45) is 11.8 Å². The van der Waals surface area contributed by atoms with E-state index in [9.17, 15) is 14.4 Å². The summed E-state index contributed by atoms with van der Waals surface area (Å²) in [5.74, 6) is -2.20. The van der Waals surface area contributed by atoms with Gasteiger partial charge in [-0.3, -0.25) is 9.59 Å². The zero-order valence-corrected chi connectivity index (χ0v) is 19.4. The lowest BCUT2D eigenvalue weighted by Gasteiger charge is -2.27. The van der Waals surface area contributed by atoms with Crippen molar-refractivity contribution >= 4 is 18.0 Å². The van der Waals surface area contributed by atoms with Crippen molar-refractivity contribution in [2.45, 2.75) is 44.7 Å². The molecule has 2 amide bonds. The van der Waals surface area contributed by atoms with Gasteiger partial charge in [-0.15, -0.1) is 0 Å². The second-order valence-electron chi connectivity index (χ2n) is 9.10. The summed E-state index contributed by atoms with van der Waals surface area (Å²) in [6.45, 7) is 3.47. The monoisotopic (exact) mass is 462 g/mol. The normalized spacial score (nSPS) is 20.5. The Hall–Kier alpha value is -3.61. The lowest BCUT2D eigenvalue weighted by atomic mass is 9.89. The minimum Gasteiger partial charge on any atom is -0.481 e. The predicted molar refractivity (Wildman–Crippen MR) is 128 cm³/mol. The Morgan fingerprint density at radius 2 is 1.65 bits per heavy atom. The number of allylic oxidation sites excluding steroid dienone is 1. The Balaban J connectivity index is 1.32. The summed E-state index contributed by atoms with van der Waals surface area (Å²) in [4.78, 5) is 36.3. The highest BCUT2D eigenvalue weighted by molar-refractivity contribution is 5.81. The molecule has 0 fully saturated rings. The van der Waals surface area contributed by atoms with Crippen LogP contribution in [-0.2, 0) is 14.3 Å². The van der Waals surface area contributed by atoms with Crippen LogP contribution in [0.15, 0.2) is 60.7 Å². The summed E-state index contributed by atoms with van der Waals surface area (Å²) in [5.41, 5.74) is 4.64. The number of nitrogens with one attached hydrogen (secondary N) is 2. The Morgan fingerprint density at radius 1 is 1.03 bits per heavy atom. The first-order chi connectivity index (χ1) is 16.3. The van der Waals surface area contributed by atoms with Crippen LogP contribution < -0.4 is 10.6 Å². The van der Waals surface area contributed by atoms with Gasteiger partial charge in [0.15, 0.2) is 0 Å². The summed E-state index contributed by atoms with van der Waals surface area (Å²) < 4.78 is 5.61. The van der Waals surface area contributed by atoms with E-state index in [0.717, 1.165) is 11.1 Å². The minimum atomic E-state index is -0.953. The van der Waals surface area contributed by atoms with Crippen molar-refractivity contribution in [2.75, 3.05) is 6.61 Å². The van der Waals surface area contributed by atoms with Crippen LogP contribution in [0, 0.1) is 11.8 Å². The molecule has 0 heterocycles. The maximum absolute atomic E-state index is 12.6. The van der Waals surface area contributed by atoms with Gasteiger partial charge >= 0.3 is 12.1 Å². The second-order valence-corrected chi connectivity index (χ2v) is 9.10. The number of benzene rings is 2. The Morgan fingerprint density at radius 3 is 2.26 bits per heavy atom. The number of alkyl carbamates (subject to hydrolysis) is 1. The van der Waals surface area contributed by atoms with Crippen molar-refractivity contribution in [3.05, 3.63) is 71.8 Å². The topological polar surface area (TPSA) is 105 Å². The molecule has 4 rings (SSSR count). The van der Waals surface area contributed by atoms with Crippen molar-refractivity contribution in [1.29, 1.82) is 0 Å². The average molecular weight is 463 g/mol. The molecule has 2 aliphatic rings. The summed E-state index contributed by atoms with van der Waals surface area (Å²) >= 11 is 0. The van der Waals surface area contributed by atoms with Gasteiger partial charge in [-0.2, -0.15) is 0 Å². The zero-order chi connectivity index (χ0) is 24.2. The SMILES string of the molecule is CC(NC(=O)C1CC=CC(NC(=O)OCC2c3ccccc3-c3ccccc32)C1)C(C)C(=O)O. The van der Waals surface area contributed by atoms with E-state index in [2.05, 4.69) is 34.9 Å². The van der Waals surface area contributed by atoms with Crippen LogP contribution in [0.25, 0.3) is 11.1 Å². The fraction of sp³-hybridized carbons (Fsp3) is 0.370. The van der Waals surface area contributed by atoms with Crippen molar-refractivity contribution in [1.82, 2.24) is 10.6 Å². The smallest absolute Gasteiger partial charge is 0.407 e. The van der Waals surface area contributed by atoms with Gasteiger partial charge in [-0.1, -0.05) is 60.7 Å². The highest BCUT2D eigenvalue weighted by atomic mass is 16.5. The molecule has 0 saturated carbocycles. The number of rotatable bonds is 7. The van der Waals surface area contributed by atoms with E-state index in [1.54, 1.807) is 13.8 Å². The fourth-order valence-corrected chi connectivity index (χ4v) is 4.68. The number of carbonyl (C=O) groups excluding carboxylic acids is 2. The first-order valence-electron chi connectivity index (χ1n) is 11.7. The average Bonchev–Trinajstić information content (AvgIpc) is 3.16. The molecular weight excluding hydrogens is 432 g/mol. The van der Waals surface area contributed by atoms with Gasteiger partial charge in [0.05, 0.1) is 12.0 Å². The zero-order valence-electron chi connectivity index (χ0n) is 19.4. The molecule has 0 aromatic heterocycles. The standard InChI is InChI=1S/C27H30N2O5/c1-16(26(31)32)17(2)28-25(30)18-8-7-9-19(14-18)29-27(33)34-15-24-22-12-5-3-10-20(22)21-11-4-6-13-23(21)24/h3-7,9-13,16-19,24H,8,14-15H2,1-2H3,(H,28,30)(H,29,33)(H,31,32). The molecule has 0 spiro atoms. The molecule has 2 aromatic rings. The van der Waals surface area contributed by atoms with Gasteiger partial charge in [-0.05, 0) is 48.9 Å². The van der Waals surface area contributed by atoms with Crippen LogP contribution in [0.4, 0.5) is 4.79 Å². The Bertz CT molecular complexity index is 1070. The van der Waals surface area contributed by atoms with Gasteiger partial charge in [0.2, 0.25) is 5.91 Å². The molecule has 0 saturated heterocycles. The molecule has 178 valence electrons. The van der Waals surface area contributed by atoms with E-state index < -0.39 is 24.0 Å². The van der Waals surface area contributed by atoms with Crippen molar-refractivity contribution in [3.8, 4) is 11.1 Å². The highest BCUT2D eigenvalue weighted by Gasteiger charge is 2.31. The Labute approximate surface area is 199 Å². The summed E-state index contributed by atoms with van der Waals surface area (Å²) in [5, 5.41) is 14.8. The second kappa shape index (κ2) is 10.1. The molecule has 0 aliphatic heterocycles. The van der Waals surface area contributed by atoms with Crippen LogP contribution in [0.1, 0.15) is 43.7 Å². The fourth-order valence-electron chi connectivity index (χ4n) is 4.68. The maximum Gasteiger partial charge on any atom is 0.407 e. The van der Waals surface area contributed by atoms with E-state index >= 15 is 0 Å². The first-order valence-corrected chi connectivity index (χ1v) is 11.7. The molecule has 7 heteroatoms. The van der Waals surface area contributed by atoms with E-state index in [0.29, 0.717) is 12.8 Å². The molecule has 3 N–H and O–H groups in total. The maximum atomic E-state index is 12.6. The minimum absolute atomic E-state index is 0.0173. The quantitative estimate of drug-likeness (QED) is 0.538. The van der Waals surface area contributed by atoms with Crippen molar-refractivity contribution < 1.29 is 24.2 Å². The summed E-state index contributed by atoms with van der Waals surface area (Å²) in [6.07, 6.45) is 4.19. The van der Waals surface area contributed by atoms with Crippen LogP contribution in [0.3, 0.4) is 0 Å². The van der Waals surface area contributed by atoms with Crippen molar-refractivity contribution in [3.63, 3.8) is 0 Å². The van der Waals surface area contributed by atoms with Gasteiger partial charge in [-0.25, -0.2) is 4.79 Å². The molecule has 2 aromatic carbocycles. The van der Waals surface area contributed by atoms with Gasteiger partial charge in [0.1, 0.15) is 6.61 Å². The van der Waals surface area contributed by atoms with Gasteiger partial charge in [0.25, 0.3) is 0 Å². The number of carboxylic acids is 1. The molecular formula is C27H30N2O5. The summed E-state index contributed by atoms with van der Waals surface area (Å²) in [7, 11) is 0. The largest absolute Gasteiger partial charge is 0.481 e. The molecule has 4 unspecified atom stereocenters. The van der Waals surface area contributed by atoms with Crippen LogP contribution in [0.2, 0.25) is 0 Å². The Kier molecular flexibility index (Phi) is 7.01. The number of aliphatic carboxylic acids is 1. The molecule has 4 atom stereocenters. The van der Waals surface area contributed by atoms with Crippen LogP contribution in [-0.4, -0.2) is 41.8 Å². The third kappa shape index (κ3) is 4.98. The number of carboxylic acid groups (broad SMARTS) is 1. The van der Waals surface area contributed by atoms with E-state index in [4.69, 9.17) is 9.84 Å². The molecule has 7 nitrogen and oxygen atoms in total.